The molecule has 1 fully saturated rings. The standard InChI is InChI=1S/C14H13FN2O4S/c15-9-3-8(11(19)4-12(9)20)10-5-22-14(16-10)17-13(21)6-1-7(18)2-6/h3-7,18-20H,1-2H2,(H,16,17,21). The second-order valence-electron chi connectivity index (χ2n) is 5.17. The molecule has 3 rings (SSSR count). The molecule has 1 aromatic heterocycles. The molecule has 1 aliphatic rings. The van der Waals surface area contributed by atoms with Gasteiger partial charge in [-0.2, -0.15) is 0 Å². The summed E-state index contributed by atoms with van der Waals surface area (Å²) in [6, 6.07) is 1.88. The first kappa shape index (κ1) is 14.7. The van der Waals surface area contributed by atoms with Crippen LogP contribution in [0.5, 0.6) is 11.5 Å². The zero-order chi connectivity index (χ0) is 15.9. The van der Waals surface area contributed by atoms with Crippen LogP contribution in [0.4, 0.5) is 9.52 Å². The summed E-state index contributed by atoms with van der Waals surface area (Å²) in [4.78, 5) is 16.0. The first-order valence-corrected chi connectivity index (χ1v) is 7.48. The van der Waals surface area contributed by atoms with Crippen molar-refractivity contribution in [3.8, 4) is 22.8 Å². The molecule has 8 heteroatoms. The zero-order valence-corrected chi connectivity index (χ0v) is 12.1. The Bertz CT molecular complexity index is 728. The molecule has 6 nitrogen and oxygen atoms in total. The molecular weight excluding hydrogens is 311 g/mol. The molecule has 22 heavy (non-hydrogen) atoms. The van der Waals surface area contributed by atoms with Crippen molar-refractivity contribution in [2.24, 2.45) is 5.92 Å². The lowest BCUT2D eigenvalue weighted by molar-refractivity contribution is -0.126. The molecule has 1 saturated carbocycles. The van der Waals surface area contributed by atoms with Crippen LogP contribution in [0.15, 0.2) is 17.5 Å². The minimum Gasteiger partial charge on any atom is -0.507 e. The monoisotopic (exact) mass is 324 g/mol. The number of aromatic nitrogens is 1. The number of amides is 1. The van der Waals surface area contributed by atoms with Gasteiger partial charge in [0.25, 0.3) is 0 Å². The summed E-state index contributed by atoms with van der Waals surface area (Å²) in [7, 11) is 0. The van der Waals surface area contributed by atoms with Crippen molar-refractivity contribution in [1.82, 2.24) is 4.98 Å². The molecule has 0 atom stereocenters. The van der Waals surface area contributed by atoms with Crippen LogP contribution in [0.25, 0.3) is 11.3 Å². The number of carbonyl (C=O) groups excluding carboxylic acids is 1. The fourth-order valence-electron chi connectivity index (χ4n) is 2.22. The molecule has 1 aliphatic carbocycles. The molecule has 0 saturated heterocycles. The number of nitrogens with zero attached hydrogens (tertiary/aromatic N) is 1. The number of hydrogen-bond acceptors (Lipinski definition) is 6. The van der Waals surface area contributed by atoms with Crippen molar-refractivity contribution >= 4 is 22.4 Å². The third kappa shape index (κ3) is 2.75. The van der Waals surface area contributed by atoms with E-state index < -0.39 is 17.7 Å². The van der Waals surface area contributed by atoms with Crippen LogP contribution in [0.1, 0.15) is 12.8 Å². The zero-order valence-electron chi connectivity index (χ0n) is 11.3. The number of phenols is 2. The summed E-state index contributed by atoms with van der Waals surface area (Å²) in [5.41, 5.74) is 0.427. The molecule has 1 amide bonds. The predicted octanol–water partition coefficient (Wildman–Crippen LogP) is 2.07. The van der Waals surface area contributed by atoms with Crippen molar-refractivity contribution in [2.45, 2.75) is 18.9 Å². The van der Waals surface area contributed by atoms with Crippen LogP contribution < -0.4 is 5.32 Å². The topological polar surface area (TPSA) is 103 Å². The highest BCUT2D eigenvalue weighted by Gasteiger charge is 2.33. The van der Waals surface area contributed by atoms with E-state index in [0.717, 1.165) is 23.5 Å². The highest BCUT2D eigenvalue weighted by molar-refractivity contribution is 7.14. The average Bonchev–Trinajstić information content (AvgIpc) is 2.87. The van der Waals surface area contributed by atoms with E-state index in [-0.39, 0.29) is 23.1 Å². The predicted molar refractivity (Wildman–Crippen MR) is 78.2 cm³/mol. The quantitative estimate of drug-likeness (QED) is 0.692. The lowest BCUT2D eigenvalue weighted by Crippen LogP contribution is -2.37. The molecule has 0 spiro atoms. The fraction of sp³-hybridized carbons (Fsp3) is 0.286. The summed E-state index contributed by atoms with van der Waals surface area (Å²) in [5, 5.41) is 32.6. The molecule has 116 valence electrons. The number of benzene rings is 1. The number of nitrogens with one attached hydrogen (secondary N) is 1. The molecule has 0 bridgehead atoms. The van der Waals surface area contributed by atoms with Crippen LogP contribution in [-0.2, 0) is 4.79 Å². The fourth-order valence-corrected chi connectivity index (χ4v) is 2.93. The number of aliphatic hydroxyl groups excluding tert-OH is 1. The van der Waals surface area contributed by atoms with Gasteiger partial charge < -0.3 is 20.6 Å². The normalized spacial score (nSPS) is 20.5. The first-order valence-electron chi connectivity index (χ1n) is 6.60. The van der Waals surface area contributed by atoms with E-state index in [4.69, 9.17) is 0 Å². The average molecular weight is 324 g/mol. The third-order valence-corrected chi connectivity index (χ3v) is 4.32. The molecule has 0 unspecified atom stereocenters. The summed E-state index contributed by atoms with van der Waals surface area (Å²) < 4.78 is 13.4. The molecule has 1 heterocycles. The van der Waals surface area contributed by atoms with Crippen LogP contribution in [0, 0.1) is 11.7 Å². The van der Waals surface area contributed by atoms with Gasteiger partial charge in [-0.1, -0.05) is 0 Å². The molecule has 4 N–H and O–H groups in total. The SMILES string of the molecule is O=C(Nc1nc(-c2cc(F)c(O)cc2O)cs1)C1CC(O)C1. The van der Waals surface area contributed by atoms with E-state index in [1.54, 1.807) is 5.38 Å². The van der Waals surface area contributed by atoms with Crippen LogP contribution in [-0.4, -0.2) is 32.3 Å². The lowest BCUT2D eigenvalue weighted by Gasteiger charge is -2.29. The Kier molecular flexibility index (Phi) is 3.71. The number of halogens is 1. The van der Waals surface area contributed by atoms with E-state index >= 15 is 0 Å². The summed E-state index contributed by atoms with van der Waals surface area (Å²) >= 11 is 1.14. The number of phenolic OH excluding ortho intramolecular Hbond substituents is 2. The number of carbonyl (C=O) groups is 1. The van der Waals surface area contributed by atoms with Crippen molar-refractivity contribution < 1.29 is 24.5 Å². The van der Waals surface area contributed by atoms with Crippen molar-refractivity contribution in [3.05, 3.63) is 23.3 Å². The van der Waals surface area contributed by atoms with Gasteiger partial charge in [-0.25, -0.2) is 9.37 Å². The van der Waals surface area contributed by atoms with E-state index in [1.807, 2.05) is 0 Å². The van der Waals surface area contributed by atoms with Gasteiger partial charge in [-0.15, -0.1) is 11.3 Å². The van der Waals surface area contributed by atoms with E-state index in [2.05, 4.69) is 10.3 Å². The Morgan fingerprint density at radius 3 is 2.73 bits per heavy atom. The molecule has 1 aromatic carbocycles. The smallest absolute Gasteiger partial charge is 0.229 e. The summed E-state index contributed by atoms with van der Waals surface area (Å²) in [6.45, 7) is 0. The van der Waals surface area contributed by atoms with Gasteiger partial charge in [-0.05, 0) is 18.9 Å². The van der Waals surface area contributed by atoms with Crippen LogP contribution in [0.3, 0.4) is 0 Å². The van der Waals surface area contributed by atoms with Crippen molar-refractivity contribution in [2.75, 3.05) is 5.32 Å². The Hall–Kier alpha value is -2.19. The lowest BCUT2D eigenvalue weighted by atomic mass is 9.82. The highest BCUT2D eigenvalue weighted by atomic mass is 32.1. The highest BCUT2D eigenvalue weighted by Crippen LogP contribution is 2.36. The van der Waals surface area contributed by atoms with Gasteiger partial charge in [0.1, 0.15) is 5.75 Å². The van der Waals surface area contributed by atoms with Crippen molar-refractivity contribution in [1.29, 1.82) is 0 Å². The van der Waals surface area contributed by atoms with Crippen molar-refractivity contribution in [3.63, 3.8) is 0 Å². The molecule has 0 aliphatic heterocycles. The van der Waals surface area contributed by atoms with Gasteiger partial charge >= 0.3 is 0 Å². The summed E-state index contributed by atoms with van der Waals surface area (Å²) in [6.07, 6.45) is 0.460. The van der Waals surface area contributed by atoms with E-state index in [9.17, 15) is 24.5 Å². The Morgan fingerprint density at radius 1 is 1.32 bits per heavy atom. The maximum Gasteiger partial charge on any atom is 0.229 e. The number of hydrogen-bond donors (Lipinski definition) is 4. The molecular formula is C14H13FN2O4S. The second-order valence-corrected chi connectivity index (χ2v) is 6.03. The minimum absolute atomic E-state index is 0.131. The third-order valence-electron chi connectivity index (χ3n) is 3.56. The van der Waals surface area contributed by atoms with Gasteiger partial charge in [0.2, 0.25) is 5.91 Å². The van der Waals surface area contributed by atoms with Gasteiger partial charge in [0.15, 0.2) is 16.7 Å². The largest absolute Gasteiger partial charge is 0.507 e. The minimum atomic E-state index is -0.866. The molecule has 2 aromatic rings. The maximum atomic E-state index is 13.4. The van der Waals surface area contributed by atoms with Gasteiger partial charge in [-0.3, -0.25) is 4.79 Å². The number of thiazole rings is 1. The Balaban J connectivity index is 1.76. The summed E-state index contributed by atoms with van der Waals surface area (Å²) in [5.74, 6) is -2.25. The second kappa shape index (κ2) is 5.54. The van der Waals surface area contributed by atoms with Crippen LogP contribution >= 0.6 is 11.3 Å². The Morgan fingerprint density at radius 2 is 2.05 bits per heavy atom. The Labute approximate surface area is 128 Å². The number of rotatable bonds is 3. The number of anilines is 1. The van der Waals surface area contributed by atoms with E-state index in [1.165, 1.54) is 0 Å². The maximum absolute atomic E-state index is 13.4. The van der Waals surface area contributed by atoms with E-state index in [0.29, 0.717) is 23.7 Å². The van der Waals surface area contributed by atoms with Gasteiger partial charge in [0, 0.05) is 22.9 Å². The van der Waals surface area contributed by atoms with Gasteiger partial charge in [0.05, 0.1) is 11.8 Å². The first-order chi connectivity index (χ1) is 10.4. The van der Waals surface area contributed by atoms with Crippen LogP contribution in [0.2, 0.25) is 0 Å². The number of aromatic hydroxyl groups is 2. The molecule has 0 radical (unpaired) electrons. The number of aliphatic hydroxyl groups is 1.